The van der Waals surface area contributed by atoms with Crippen molar-refractivity contribution < 1.29 is 9.18 Å². The molecule has 39 heavy (non-hydrogen) atoms. The smallest absolute Gasteiger partial charge is 0.308 e. The molecule has 3 aromatic carbocycles. The summed E-state index contributed by atoms with van der Waals surface area (Å²) >= 11 is 0. The fourth-order valence-corrected chi connectivity index (χ4v) is 5.32. The molecule has 1 atom stereocenters. The van der Waals surface area contributed by atoms with Gasteiger partial charge in [-0.3, -0.25) is 0 Å². The van der Waals surface area contributed by atoms with Crippen LogP contribution in [-0.4, -0.2) is 25.3 Å². The van der Waals surface area contributed by atoms with E-state index in [4.69, 9.17) is 5.10 Å². The monoisotopic (exact) mass is 519 g/mol. The molecule has 0 radical (unpaired) electrons. The Balaban J connectivity index is 1.52. The molecular formula is C32H30FN5O. The molecule has 2 aromatic heterocycles. The predicted molar refractivity (Wildman–Crippen MR) is 151 cm³/mol. The molecular weight excluding hydrogens is 489 g/mol. The van der Waals surface area contributed by atoms with Gasteiger partial charge in [0.2, 0.25) is 0 Å². The number of amides is 2. The Labute approximate surface area is 227 Å². The Bertz CT molecular complexity index is 1640. The third kappa shape index (κ3) is 4.50. The summed E-state index contributed by atoms with van der Waals surface area (Å²) in [4.78, 5) is 15.8. The second-order valence-electron chi connectivity index (χ2n) is 10.2. The molecule has 1 N–H and O–H groups in total. The second kappa shape index (κ2) is 9.91. The molecule has 1 unspecified atom stereocenters. The fourth-order valence-electron chi connectivity index (χ4n) is 5.32. The van der Waals surface area contributed by atoms with E-state index in [0.717, 1.165) is 34.0 Å². The number of carbonyl (C=O) groups excluding carboxylic acids is 1. The molecule has 0 spiro atoms. The number of rotatable bonds is 4. The molecule has 5 aromatic rings. The summed E-state index contributed by atoms with van der Waals surface area (Å²) in [7, 11) is 0. The van der Waals surface area contributed by atoms with E-state index in [-0.39, 0.29) is 12.1 Å². The average Bonchev–Trinajstić information content (AvgIpc) is 3.49. The predicted octanol–water partition coefficient (Wildman–Crippen LogP) is 7.37. The molecule has 0 aliphatic carbocycles. The highest BCUT2D eigenvalue weighted by molar-refractivity contribution is 5.90. The van der Waals surface area contributed by atoms with Crippen molar-refractivity contribution in [2.24, 2.45) is 0 Å². The lowest BCUT2D eigenvalue weighted by atomic mass is 9.97. The number of anilines is 1. The molecule has 2 amide bonds. The average molecular weight is 520 g/mol. The van der Waals surface area contributed by atoms with E-state index in [1.54, 1.807) is 12.1 Å². The first-order valence-electron chi connectivity index (χ1n) is 13.2. The minimum atomic E-state index is -0.402. The van der Waals surface area contributed by atoms with Crippen LogP contribution >= 0.6 is 0 Å². The maximum absolute atomic E-state index is 14.0. The van der Waals surface area contributed by atoms with Gasteiger partial charge < -0.3 is 14.8 Å². The zero-order valence-electron chi connectivity index (χ0n) is 22.2. The Morgan fingerprint density at radius 3 is 2.46 bits per heavy atom. The zero-order chi connectivity index (χ0) is 27.1. The summed E-state index contributed by atoms with van der Waals surface area (Å²) in [6.07, 6.45) is 2.03. The first-order valence-corrected chi connectivity index (χ1v) is 13.2. The highest BCUT2D eigenvalue weighted by Crippen LogP contribution is 2.39. The van der Waals surface area contributed by atoms with Crippen LogP contribution in [0.15, 0.2) is 97.2 Å². The molecule has 0 saturated carbocycles. The van der Waals surface area contributed by atoms with Gasteiger partial charge in [-0.05, 0) is 66.4 Å². The number of aromatic nitrogens is 3. The number of halogens is 1. The van der Waals surface area contributed by atoms with Crippen LogP contribution in [0.2, 0.25) is 0 Å². The molecule has 3 heterocycles. The van der Waals surface area contributed by atoms with Gasteiger partial charge in [-0.2, -0.15) is 5.10 Å². The van der Waals surface area contributed by atoms with E-state index in [2.05, 4.69) is 54.1 Å². The molecule has 6 rings (SSSR count). The number of urea groups is 1. The Kier molecular flexibility index (Phi) is 6.27. The third-order valence-electron chi connectivity index (χ3n) is 7.34. The summed E-state index contributed by atoms with van der Waals surface area (Å²) in [6, 6.07) is 27.8. The molecule has 196 valence electrons. The molecule has 1 aliphatic rings. The highest BCUT2D eigenvalue weighted by atomic mass is 19.1. The van der Waals surface area contributed by atoms with E-state index in [1.165, 1.54) is 17.7 Å². The number of para-hydroxylation sites is 1. The molecule has 1 aliphatic heterocycles. The number of hydrogen-bond acceptors (Lipinski definition) is 2. The maximum atomic E-state index is 14.0. The largest absolute Gasteiger partial charge is 0.322 e. The number of aryl methyl sites for hydroxylation is 1. The zero-order valence-corrected chi connectivity index (χ0v) is 22.2. The highest BCUT2D eigenvalue weighted by Gasteiger charge is 2.36. The van der Waals surface area contributed by atoms with Crippen LogP contribution in [0.5, 0.6) is 0 Å². The first-order chi connectivity index (χ1) is 18.9. The van der Waals surface area contributed by atoms with Crippen molar-refractivity contribution in [1.29, 1.82) is 0 Å². The van der Waals surface area contributed by atoms with Gasteiger partial charge in [0.1, 0.15) is 11.6 Å². The standard InChI is InChI=1S/C32H30FN5O/c1-21(2)23-14-16-24(17-15-23)30-29-13-8-18-36(29)31-28(22(3)35-38(31)27-11-5-4-6-12-27)20-37(30)32(39)34-26-10-7-9-25(33)19-26/h4-19,21,30H,20H2,1-3H3,(H,34,39). The van der Waals surface area contributed by atoms with Crippen molar-refractivity contribution in [3.63, 3.8) is 0 Å². The van der Waals surface area contributed by atoms with Crippen LogP contribution < -0.4 is 5.32 Å². The number of nitrogens with one attached hydrogen (secondary N) is 1. The van der Waals surface area contributed by atoms with Crippen LogP contribution in [0.4, 0.5) is 14.9 Å². The fraction of sp³-hybridized carbons (Fsp3) is 0.188. The van der Waals surface area contributed by atoms with E-state index >= 15 is 0 Å². The number of hydrogen-bond donors (Lipinski definition) is 1. The van der Waals surface area contributed by atoms with Crippen molar-refractivity contribution in [2.75, 3.05) is 5.32 Å². The Morgan fingerprint density at radius 1 is 0.974 bits per heavy atom. The number of benzene rings is 3. The van der Waals surface area contributed by atoms with Gasteiger partial charge in [0, 0.05) is 17.4 Å². The van der Waals surface area contributed by atoms with Crippen LogP contribution in [-0.2, 0) is 6.54 Å². The first kappa shape index (κ1) is 24.7. The number of carbonyl (C=O) groups is 1. The Morgan fingerprint density at radius 2 is 1.74 bits per heavy atom. The lowest BCUT2D eigenvalue weighted by Crippen LogP contribution is -2.38. The minimum absolute atomic E-state index is 0.314. The van der Waals surface area contributed by atoms with Gasteiger partial charge in [-0.15, -0.1) is 0 Å². The van der Waals surface area contributed by atoms with E-state index < -0.39 is 5.82 Å². The van der Waals surface area contributed by atoms with Crippen LogP contribution in [0, 0.1) is 12.7 Å². The van der Waals surface area contributed by atoms with Gasteiger partial charge in [-0.1, -0.05) is 62.4 Å². The minimum Gasteiger partial charge on any atom is -0.308 e. The maximum Gasteiger partial charge on any atom is 0.322 e. The van der Waals surface area contributed by atoms with Gasteiger partial charge >= 0.3 is 6.03 Å². The topological polar surface area (TPSA) is 55.1 Å². The quantitative estimate of drug-likeness (QED) is 0.270. The van der Waals surface area contributed by atoms with Crippen LogP contribution in [0.3, 0.4) is 0 Å². The summed E-state index contributed by atoms with van der Waals surface area (Å²) in [5, 5.41) is 7.82. The number of fused-ring (bicyclic) bond motifs is 3. The van der Waals surface area contributed by atoms with Crippen molar-refractivity contribution in [3.8, 4) is 11.5 Å². The molecule has 0 fully saturated rings. The second-order valence-corrected chi connectivity index (χ2v) is 10.2. The lowest BCUT2D eigenvalue weighted by Gasteiger charge is -2.31. The molecule has 7 heteroatoms. The van der Waals surface area contributed by atoms with Gasteiger partial charge in [-0.25, -0.2) is 13.9 Å². The molecule has 0 bridgehead atoms. The molecule has 0 saturated heterocycles. The van der Waals surface area contributed by atoms with Crippen LogP contribution in [0.1, 0.15) is 53.9 Å². The molecule has 6 nitrogen and oxygen atoms in total. The van der Waals surface area contributed by atoms with Gasteiger partial charge in [0.15, 0.2) is 0 Å². The summed E-state index contributed by atoms with van der Waals surface area (Å²) in [5.41, 5.74) is 6.31. The SMILES string of the molecule is Cc1nn(-c2ccccc2)c2c1CN(C(=O)Nc1cccc(F)c1)C(c1ccc(C(C)C)cc1)c1cccn1-2. The van der Waals surface area contributed by atoms with Crippen molar-refractivity contribution in [2.45, 2.75) is 39.3 Å². The van der Waals surface area contributed by atoms with E-state index in [0.29, 0.717) is 18.2 Å². The van der Waals surface area contributed by atoms with Crippen molar-refractivity contribution in [1.82, 2.24) is 19.2 Å². The number of nitrogens with zero attached hydrogens (tertiary/aromatic N) is 4. The van der Waals surface area contributed by atoms with Crippen molar-refractivity contribution >= 4 is 11.7 Å². The lowest BCUT2D eigenvalue weighted by molar-refractivity contribution is 0.194. The van der Waals surface area contributed by atoms with E-state index in [9.17, 15) is 9.18 Å². The summed E-state index contributed by atoms with van der Waals surface area (Å²) < 4.78 is 18.0. The third-order valence-corrected chi connectivity index (χ3v) is 7.34. The Hall–Kier alpha value is -4.65. The van der Waals surface area contributed by atoms with Crippen LogP contribution in [0.25, 0.3) is 11.5 Å². The van der Waals surface area contributed by atoms with Gasteiger partial charge in [0.25, 0.3) is 0 Å². The summed E-state index contributed by atoms with van der Waals surface area (Å²) in [6.45, 7) is 6.63. The van der Waals surface area contributed by atoms with Crippen molar-refractivity contribution in [3.05, 3.63) is 131 Å². The van der Waals surface area contributed by atoms with E-state index in [1.807, 2.05) is 59.1 Å². The normalized spacial score (nSPS) is 14.6. The summed E-state index contributed by atoms with van der Waals surface area (Å²) in [5.74, 6) is 0.900. The van der Waals surface area contributed by atoms with Gasteiger partial charge in [0.05, 0.1) is 29.7 Å².